The summed E-state index contributed by atoms with van der Waals surface area (Å²) >= 11 is 0. The fraction of sp³-hybridized carbons (Fsp3) is 0.391. The van der Waals surface area contributed by atoms with Gasteiger partial charge in [-0.1, -0.05) is 23.8 Å². The van der Waals surface area contributed by atoms with Crippen LogP contribution in [0.2, 0.25) is 0 Å². The molecule has 2 aromatic heterocycles. The Labute approximate surface area is 172 Å². The first-order valence-electron chi connectivity index (χ1n) is 10.2. The predicted octanol–water partition coefficient (Wildman–Crippen LogP) is 3.38. The normalized spacial score (nSPS) is 15.1. The third kappa shape index (κ3) is 5.73. The van der Waals surface area contributed by atoms with Gasteiger partial charge in [-0.25, -0.2) is 9.97 Å². The quantitative estimate of drug-likeness (QED) is 0.586. The fourth-order valence-electron chi connectivity index (χ4n) is 3.57. The Morgan fingerprint density at radius 3 is 2.59 bits per heavy atom. The maximum Gasteiger partial charge on any atom is 0.159 e. The van der Waals surface area contributed by atoms with E-state index in [1.165, 1.54) is 5.56 Å². The number of aryl methyl sites for hydroxylation is 1. The summed E-state index contributed by atoms with van der Waals surface area (Å²) in [4.78, 5) is 14.0. The van der Waals surface area contributed by atoms with Gasteiger partial charge in [-0.15, -0.1) is 0 Å². The lowest BCUT2D eigenvalue weighted by atomic mass is 10.1. The molecule has 0 amide bonds. The van der Waals surface area contributed by atoms with Crippen LogP contribution in [0.15, 0.2) is 59.5 Å². The van der Waals surface area contributed by atoms with Gasteiger partial charge in [0.05, 0.1) is 26.0 Å². The Bertz CT molecular complexity index is 874. The van der Waals surface area contributed by atoms with Gasteiger partial charge in [0.2, 0.25) is 0 Å². The van der Waals surface area contributed by atoms with Crippen LogP contribution in [-0.4, -0.2) is 59.2 Å². The third-order valence-electron chi connectivity index (χ3n) is 5.18. The van der Waals surface area contributed by atoms with Crippen LogP contribution in [0.25, 0.3) is 11.4 Å². The van der Waals surface area contributed by atoms with Crippen LogP contribution in [0.1, 0.15) is 16.9 Å². The molecule has 6 heteroatoms. The molecule has 152 valence electrons. The first-order chi connectivity index (χ1) is 14.3. The second-order valence-electron chi connectivity index (χ2n) is 7.53. The van der Waals surface area contributed by atoms with Crippen molar-refractivity contribution in [2.45, 2.75) is 20.0 Å². The van der Waals surface area contributed by atoms with Gasteiger partial charge in [-0.2, -0.15) is 0 Å². The molecule has 6 nitrogen and oxygen atoms in total. The summed E-state index contributed by atoms with van der Waals surface area (Å²) in [6.45, 7) is 9.28. The SMILES string of the molecule is Cc1cccc(-c2ncc(CN(CCN3CCOCC3)Cc3ccco3)cn2)c1. The lowest BCUT2D eigenvalue weighted by Gasteiger charge is -2.29. The smallest absolute Gasteiger partial charge is 0.159 e. The summed E-state index contributed by atoms with van der Waals surface area (Å²) < 4.78 is 11.0. The van der Waals surface area contributed by atoms with Gasteiger partial charge in [-0.3, -0.25) is 9.80 Å². The molecule has 0 unspecified atom stereocenters. The van der Waals surface area contributed by atoms with Crippen LogP contribution < -0.4 is 0 Å². The van der Waals surface area contributed by atoms with Gasteiger partial charge in [0.15, 0.2) is 5.82 Å². The van der Waals surface area contributed by atoms with Crippen molar-refractivity contribution in [2.75, 3.05) is 39.4 Å². The lowest BCUT2D eigenvalue weighted by Crippen LogP contribution is -2.41. The van der Waals surface area contributed by atoms with E-state index >= 15 is 0 Å². The average Bonchev–Trinajstić information content (AvgIpc) is 3.26. The number of rotatable bonds is 8. The zero-order valence-electron chi connectivity index (χ0n) is 17.0. The van der Waals surface area contributed by atoms with E-state index in [-0.39, 0.29) is 0 Å². The second kappa shape index (κ2) is 9.78. The number of morpholine rings is 1. The Morgan fingerprint density at radius 1 is 1.03 bits per heavy atom. The maximum atomic E-state index is 5.58. The number of furan rings is 1. The Hall–Kier alpha value is -2.54. The van der Waals surface area contributed by atoms with Gasteiger partial charge >= 0.3 is 0 Å². The number of hydrogen-bond acceptors (Lipinski definition) is 6. The molecule has 1 aliphatic rings. The van der Waals surface area contributed by atoms with Crippen molar-refractivity contribution < 1.29 is 9.15 Å². The number of benzene rings is 1. The molecule has 0 radical (unpaired) electrons. The second-order valence-corrected chi connectivity index (χ2v) is 7.53. The topological polar surface area (TPSA) is 54.6 Å². The van der Waals surface area contributed by atoms with Gasteiger partial charge in [0, 0.05) is 56.2 Å². The van der Waals surface area contributed by atoms with E-state index in [2.05, 4.69) is 38.8 Å². The molecule has 0 bridgehead atoms. The summed E-state index contributed by atoms with van der Waals surface area (Å²) in [6.07, 6.45) is 5.61. The molecule has 0 saturated carbocycles. The first kappa shape index (κ1) is 19.8. The highest BCUT2D eigenvalue weighted by Gasteiger charge is 2.14. The molecular weight excluding hydrogens is 364 g/mol. The average molecular weight is 393 g/mol. The number of hydrogen-bond donors (Lipinski definition) is 0. The molecule has 0 spiro atoms. The Morgan fingerprint density at radius 2 is 1.86 bits per heavy atom. The van der Waals surface area contributed by atoms with E-state index in [1.807, 2.05) is 36.7 Å². The minimum atomic E-state index is 0.767. The molecular formula is C23H28N4O2. The van der Waals surface area contributed by atoms with Crippen molar-refractivity contribution in [1.29, 1.82) is 0 Å². The molecule has 0 atom stereocenters. The van der Waals surface area contributed by atoms with Gasteiger partial charge in [0.1, 0.15) is 5.76 Å². The molecule has 0 aliphatic carbocycles. The standard InChI is InChI=1S/C23H28N4O2/c1-19-4-2-5-21(14-19)23-24-15-20(16-25-23)17-27(18-22-6-3-11-29-22)8-7-26-9-12-28-13-10-26/h2-6,11,14-16H,7-10,12-13,17-18H2,1H3. The van der Waals surface area contributed by atoms with E-state index in [0.29, 0.717) is 0 Å². The van der Waals surface area contributed by atoms with Crippen LogP contribution in [0, 0.1) is 6.92 Å². The molecule has 1 saturated heterocycles. The number of aromatic nitrogens is 2. The molecule has 29 heavy (non-hydrogen) atoms. The highest BCUT2D eigenvalue weighted by atomic mass is 16.5. The van der Waals surface area contributed by atoms with Crippen LogP contribution in [-0.2, 0) is 17.8 Å². The van der Waals surface area contributed by atoms with E-state index in [4.69, 9.17) is 9.15 Å². The van der Waals surface area contributed by atoms with Crippen molar-refractivity contribution in [2.24, 2.45) is 0 Å². The van der Waals surface area contributed by atoms with E-state index in [1.54, 1.807) is 6.26 Å². The van der Waals surface area contributed by atoms with Gasteiger partial charge in [-0.05, 0) is 25.1 Å². The largest absolute Gasteiger partial charge is 0.468 e. The summed E-state index contributed by atoms with van der Waals surface area (Å²) in [7, 11) is 0. The van der Waals surface area contributed by atoms with E-state index in [9.17, 15) is 0 Å². The first-order valence-corrected chi connectivity index (χ1v) is 10.2. The van der Waals surface area contributed by atoms with Gasteiger partial charge in [0.25, 0.3) is 0 Å². The Kier molecular flexibility index (Phi) is 6.67. The molecule has 0 N–H and O–H groups in total. The molecule has 3 heterocycles. The van der Waals surface area contributed by atoms with Gasteiger partial charge < -0.3 is 9.15 Å². The maximum absolute atomic E-state index is 5.58. The molecule has 1 fully saturated rings. The Balaban J connectivity index is 1.41. The lowest BCUT2D eigenvalue weighted by molar-refractivity contribution is 0.0321. The monoisotopic (exact) mass is 392 g/mol. The summed E-state index contributed by atoms with van der Waals surface area (Å²) in [5.41, 5.74) is 3.37. The van der Waals surface area contributed by atoms with E-state index < -0.39 is 0 Å². The molecule has 4 rings (SSSR count). The summed E-state index contributed by atoms with van der Waals surface area (Å²) in [5, 5.41) is 0. The summed E-state index contributed by atoms with van der Waals surface area (Å²) in [5.74, 6) is 1.74. The van der Waals surface area contributed by atoms with Crippen LogP contribution in [0.3, 0.4) is 0 Å². The van der Waals surface area contributed by atoms with Crippen LogP contribution in [0.4, 0.5) is 0 Å². The fourth-order valence-corrected chi connectivity index (χ4v) is 3.57. The third-order valence-corrected chi connectivity index (χ3v) is 5.18. The van der Waals surface area contributed by atoms with E-state index in [0.717, 1.165) is 75.2 Å². The highest BCUT2D eigenvalue weighted by molar-refractivity contribution is 5.55. The molecule has 3 aromatic rings. The molecule has 1 aromatic carbocycles. The predicted molar refractivity (Wildman–Crippen MR) is 112 cm³/mol. The zero-order chi connectivity index (χ0) is 19.9. The van der Waals surface area contributed by atoms with Crippen molar-refractivity contribution >= 4 is 0 Å². The van der Waals surface area contributed by atoms with Crippen LogP contribution in [0.5, 0.6) is 0 Å². The highest BCUT2D eigenvalue weighted by Crippen LogP contribution is 2.17. The number of ether oxygens (including phenoxy) is 1. The zero-order valence-corrected chi connectivity index (χ0v) is 17.0. The minimum Gasteiger partial charge on any atom is -0.468 e. The minimum absolute atomic E-state index is 0.767. The van der Waals surface area contributed by atoms with Crippen molar-refractivity contribution in [3.63, 3.8) is 0 Å². The van der Waals surface area contributed by atoms with Crippen molar-refractivity contribution in [3.8, 4) is 11.4 Å². The number of nitrogens with zero attached hydrogens (tertiary/aromatic N) is 4. The van der Waals surface area contributed by atoms with Crippen molar-refractivity contribution in [1.82, 2.24) is 19.8 Å². The van der Waals surface area contributed by atoms with Crippen LogP contribution >= 0.6 is 0 Å². The summed E-state index contributed by atoms with van der Waals surface area (Å²) in [6, 6.07) is 12.2. The van der Waals surface area contributed by atoms with Crippen molar-refractivity contribution in [3.05, 3.63) is 71.9 Å². The molecule has 1 aliphatic heterocycles.